The van der Waals surface area contributed by atoms with Gasteiger partial charge in [0.05, 0.1) is 6.54 Å². The summed E-state index contributed by atoms with van der Waals surface area (Å²) in [6.07, 6.45) is 1.88. The van der Waals surface area contributed by atoms with Crippen LogP contribution >= 0.6 is 0 Å². The van der Waals surface area contributed by atoms with Crippen molar-refractivity contribution in [3.8, 4) is 0 Å². The van der Waals surface area contributed by atoms with Crippen LogP contribution in [0, 0.1) is 0 Å². The second-order valence-electron chi connectivity index (χ2n) is 6.51. The van der Waals surface area contributed by atoms with E-state index in [1.807, 2.05) is 55.5 Å². The molecule has 3 rings (SSSR count). The fourth-order valence-corrected chi connectivity index (χ4v) is 3.04. The van der Waals surface area contributed by atoms with E-state index in [0.717, 1.165) is 16.5 Å². The predicted molar refractivity (Wildman–Crippen MR) is 100 cm³/mol. The van der Waals surface area contributed by atoms with Crippen LogP contribution < -0.4 is 11.0 Å². The first kappa shape index (κ1) is 17.8. The average molecular weight is 351 g/mol. The van der Waals surface area contributed by atoms with Crippen LogP contribution in [0.25, 0.3) is 10.8 Å². The van der Waals surface area contributed by atoms with E-state index in [2.05, 4.69) is 0 Å². The second-order valence-corrected chi connectivity index (χ2v) is 6.51. The fraction of sp³-hybridized carbons (Fsp3) is 0.200. The third-order valence-corrected chi connectivity index (χ3v) is 4.21. The standard InChI is InChI=1S/C20H21N3O3/c1-22(2)12-16-13-23(11-14-6-4-3-5-7-14)20(25)18-10-15(19(24)21-26)8-9-17(16)18/h3-10,13,26H,11-12H2,1-2H3,(H,21,24). The van der Waals surface area contributed by atoms with Gasteiger partial charge in [0.2, 0.25) is 0 Å². The summed E-state index contributed by atoms with van der Waals surface area (Å²) >= 11 is 0. The largest absolute Gasteiger partial charge is 0.310 e. The minimum absolute atomic E-state index is 0.168. The molecule has 6 heteroatoms. The number of hydrogen-bond acceptors (Lipinski definition) is 4. The topological polar surface area (TPSA) is 74.6 Å². The Morgan fingerprint density at radius 3 is 2.50 bits per heavy atom. The third kappa shape index (κ3) is 3.66. The molecule has 0 radical (unpaired) electrons. The summed E-state index contributed by atoms with van der Waals surface area (Å²) in [5, 5.41) is 10.1. The van der Waals surface area contributed by atoms with E-state index >= 15 is 0 Å². The van der Waals surface area contributed by atoms with E-state index in [1.165, 1.54) is 6.07 Å². The molecule has 0 unspecified atom stereocenters. The third-order valence-electron chi connectivity index (χ3n) is 4.21. The van der Waals surface area contributed by atoms with E-state index < -0.39 is 5.91 Å². The van der Waals surface area contributed by atoms with Crippen molar-refractivity contribution in [2.75, 3.05) is 14.1 Å². The Balaban J connectivity index is 2.19. The molecule has 0 fully saturated rings. The molecule has 1 heterocycles. The number of benzene rings is 2. The molecule has 2 aromatic carbocycles. The summed E-state index contributed by atoms with van der Waals surface area (Å²) in [6, 6.07) is 14.6. The Labute approximate surface area is 151 Å². The Bertz CT molecular complexity index is 994. The lowest BCUT2D eigenvalue weighted by molar-refractivity contribution is 0.0706. The highest BCUT2D eigenvalue weighted by atomic mass is 16.5. The number of carbonyl (C=O) groups is 1. The van der Waals surface area contributed by atoms with Crippen molar-refractivity contribution in [1.82, 2.24) is 14.9 Å². The first-order chi connectivity index (χ1) is 12.5. The zero-order valence-corrected chi connectivity index (χ0v) is 14.8. The van der Waals surface area contributed by atoms with Gasteiger partial charge < -0.3 is 9.47 Å². The van der Waals surface area contributed by atoms with Gasteiger partial charge in [0.1, 0.15) is 0 Å². The number of pyridine rings is 1. The van der Waals surface area contributed by atoms with Crippen LogP contribution in [0.5, 0.6) is 0 Å². The number of carbonyl (C=O) groups excluding carboxylic acids is 1. The number of hydrogen-bond donors (Lipinski definition) is 2. The van der Waals surface area contributed by atoms with Gasteiger partial charge in [-0.1, -0.05) is 36.4 Å². The molecular formula is C20H21N3O3. The van der Waals surface area contributed by atoms with Crippen molar-refractivity contribution >= 4 is 16.7 Å². The lowest BCUT2D eigenvalue weighted by atomic mass is 10.0. The van der Waals surface area contributed by atoms with Gasteiger partial charge in [-0.05, 0) is 42.7 Å². The molecular weight excluding hydrogens is 330 g/mol. The molecule has 3 aromatic rings. The van der Waals surface area contributed by atoms with E-state index in [-0.39, 0.29) is 11.1 Å². The summed E-state index contributed by atoms with van der Waals surface area (Å²) in [5.74, 6) is -0.640. The van der Waals surface area contributed by atoms with E-state index in [0.29, 0.717) is 18.5 Å². The zero-order chi connectivity index (χ0) is 18.7. The molecule has 0 saturated heterocycles. The normalized spacial score (nSPS) is 11.1. The van der Waals surface area contributed by atoms with Crippen LogP contribution in [0.3, 0.4) is 0 Å². The number of nitrogens with one attached hydrogen (secondary N) is 1. The molecule has 0 aliphatic heterocycles. The first-order valence-electron chi connectivity index (χ1n) is 8.29. The fourth-order valence-electron chi connectivity index (χ4n) is 3.04. The molecule has 134 valence electrons. The van der Waals surface area contributed by atoms with Crippen LogP contribution in [0.4, 0.5) is 0 Å². The molecule has 2 N–H and O–H groups in total. The van der Waals surface area contributed by atoms with Crippen molar-refractivity contribution in [3.05, 3.63) is 81.8 Å². The molecule has 0 aliphatic rings. The monoisotopic (exact) mass is 351 g/mol. The highest BCUT2D eigenvalue weighted by Crippen LogP contribution is 2.19. The molecule has 1 amide bonds. The van der Waals surface area contributed by atoms with Crippen molar-refractivity contribution in [2.24, 2.45) is 0 Å². The van der Waals surface area contributed by atoms with Gasteiger partial charge >= 0.3 is 0 Å². The summed E-state index contributed by atoms with van der Waals surface area (Å²) in [6.45, 7) is 1.11. The Morgan fingerprint density at radius 1 is 1.12 bits per heavy atom. The van der Waals surface area contributed by atoms with Gasteiger partial charge in [0, 0.05) is 23.7 Å². The van der Waals surface area contributed by atoms with Crippen LogP contribution in [0.2, 0.25) is 0 Å². The highest BCUT2D eigenvalue weighted by Gasteiger charge is 2.13. The molecule has 0 bridgehead atoms. The number of hydroxylamine groups is 1. The van der Waals surface area contributed by atoms with Crippen molar-refractivity contribution in [3.63, 3.8) is 0 Å². The SMILES string of the molecule is CN(C)Cc1cn(Cc2ccccc2)c(=O)c2cc(C(=O)NO)ccc12. The van der Waals surface area contributed by atoms with Crippen molar-refractivity contribution in [1.29, 1.82) is 0 Å². The molecule has 6 nitrogen and oxygen atoms in total. The summed E-state index contributed by atoms with van der Waals surface area (Å²) < 4.78 is 1.66. The van der Waals surface area contributed by atoms with Crippen LogP contribution in [-0.2, 0) is 13.1 Å². The minimum atomic E-state index is -0.640. The first-order valence-corrected chi connectivity index (χ1v) is 8.29. The molecule has 1 aromatic heterocycles. The number of aromatic nitrogens is 1. The maximum absolute atomic E-state index is 13.0. The molecule has 0 aliphatic carbocycles. The van der Waals surface area contributed by atoms with Crippen molar-refractivity contribution < 1.29 is 10.0 Å². The van der Waals surface area contributed by atoms with Crippen LogP contribution in [0.1, 0.15) is 21.5 Å². The number of rotatable bonds is 5. The van der Waals surface area contributed by atoms with Gasteiger partial charge in [0.25, 0.3) is 11.5 Å². The van der Waals surface area contributed by atoms with Gasteiger partial charge in [-0.2, -0.15) is 0 Å². The summed E-state index contributed by atoms with van der Waals surface area (Å²) in [4.78, 5) is 26.7. The van der Waals surface area contributed by atoms with E-state index in [9.17, 15) is 9.59 Å². The van der Waals surface area contributed by atoms with Gasteiger partial charge in [-0.25, -0.2) is 5.48 Å². The van der Waals surface area contributed by atoms with Gasteiger partial charge in [0.15, 0.2) is 0 Å². The smallest absolute Gasteiger partial charge is 0.274 e. The Kier molecular flexibility index (Phi) is 5.16. The summed E-state index contributed by atoms with van der Waals surface area (Å²) in [5.41, 5.74) is 3.70. The number of fused-ring (bicyclic) bond motifs is 1. The van der Waals surface area contributed by atoms with Gasteiger partial charge in [-0.15, -0.1) is 0 Å². The number of amides is 1. The molecule has 0 atom stereocenters. The quantitative estimate of drug-likeness (QED) is 0.546. The minimum Gasteiger partial charge on any atom is -0.310 e. The highest BCUT2D eigenvalue weighted by molar-refractivity contribution is 5.98. The molecule has 0 spiro atoms. The van der Waals surface area contributed by atoms with Crippen LogP contribution in [0.15, 0.2) is 59.5 Å². The van der Waals surface area contributed by atoms with Crippen LogP contribution in [-0.4, -0.2) is 34.7 Å². The lowest BCUT2D eigenvalue weighted by Crippen LogP contribution is -2.24. The average Bonchev–Trinajstić information content (AvgIpc) is 2.65. The maximum Gasteiger partial charge on any atom is 0.274 e. The van der Waals surface area contributed by atoms with Crippen molar-refractivity contribution in [2.45, 2.75) is 13.1 Å². The van der Waals surface area contributed by atoms with Gasteiger partial charge in [-0.3, -0.25) is 14.8 Å². The molecule has 26 heavy (non-hydrogen) atoms. The Morgan fingerprint density at radius 2 is 1.85 bits per heavy atom. The number of nitrogens with zero attached hydrogens (tertiary/aromatic N) is 2. The van der Waals surface area contributed by atoms with E-state index in [1.54, 1.807) is 22.2 Å². The lowest BCUT2D eigenvalue weighted by Gasteiger charge is -2.16. The Hall–Kier alpha value is -2.96. The molecule has 0 saturated carbocycles. The van der Waals surface area contributed by atoms with E-state index in [4.69, 9.17) is 5.21 Å². The zero-order valence-electron chi connectivity index (χ0n) is 14.8. The second kappa shape index (κ2) is 7.51. The summed E-state index contributed by atoms with van der Waals surface area (Å²) in [7, 11) is 3.93. The maximum atomic E-state index is 13.0. The predicted octanol–water partition coefficient (Wildman–Crippen LogP) is 2.23.